The predicted molar refractivity (Wildman–Crippen MR) is 101 cm³/mol. The first-order chi connectivity index (χ1) is 11.8. The van der Waals surface area contributed by atoms with Crippen LogP contribution in [0.1, 0.15) is 72.0 Å². The zero-order valence-electron chi connectivity index (χ0n) is 16.5. The van der Waals surface area contributed by atoms with Gasteiger partial charge in [0.1, 0.15) is 6.10 Å². The first-order valence-corrected chi connectivity index (χ1v) is 9.54. The summed E-state index contributed by atoms with van der Waals surface area (Å²) in [6.07, 6.45) is 3.56. The van der Waals surface area contributed by atoms with Gasteiger partial charge in [0.15, 0.2) is 0 Å². The number of benzene rings is 1. The van der Waals surface area contributed by atoms with Crippen molar-refractivity contribution in [2.45, 2.75) is 83.6 Å². The number of aliphatic hydroxyl groups is 1. The molecular formula is C21H35NO3. The Bertz CT molecular complexity index is 499. The van der Waals surface area contributed by atoms with Crippen LogP contribution < -0.4 is 0 Å². The van der Waals surface area contributed by atoms with E-state index in [9.17, 15) is 5.11 Å². The van der Waals surface area contributed by atoms with Gasteiger partial charge in [-0.2, -0.15) is 5.06 Å². The van der Waals surface area contributed by atoms with Crippen LogP contribution >= 0.6 is 0 Å². The summed E-state index contributed by atoms with van der Waals surface area (Å²) in [5, 5.41) is 11.9. The van der Waals surface area contributed by atoms with Crippen molar-refractivity contribution in [3.63, 3.8) is 0 Å². The molecule has 0 saturated carbocycles. The molecule has 1 heterocycles. The Labute approximate surface area is 153 Å². The lowest BCUT2D eigenvalue weighted by molar-refractivity contribution is -0.313. The van der Waals surface area contributed by atoms with Crippen molar-refractivity contribution in [1.29, 1.82) is 0 Å². The van der Waals surface area contributed by atoms with Gasteiger partial charge in [-0.05, 0) is 58.9 Å². The largest absolute Gasteiger partial charge is 0.391 e. The zero-order valence-corrected chi connectivity index (χ0v) is 16.5. The number of rotatable bonds is 8. The van der Waals surface area contributed by atoms with Crippen LogP contribution in [0.4, 0.5) is 0 Å². The Morgan fingerprint density at radius 3 is 2.20 bits per heavy atom. The van der Waals surface area contributed by atoms with E-state index in [-0.39, 0.29) is 17.2 Å². The van der Waals surface area contributed by atoms with Gasteiger partial charge in [-0.25, -0.2) is 0 Å². The van der Waals surface area contributed by atoms with Gasteiger partial charge in [0.2, 0.25) is 0 Å². The molecule has 142 valence electrons. The van der Waals surface area contributed by atoms with Crippen LogP contribution in [-0.2, 0) is 9.57 Å². The van der Waals surface area contributed by atoms with Gasteiger partial charge in [0.25, 0.3) is 0 Å². The first-order valence-electron chi connectivity index (χ1n) is 9.54. The topological polar surface area (TPSA) is 41.9 Å². The Hall–Kier alpha value is -0.940. The van der Waals surface area contributed by atoms with E-state index in [1.165, 1.54) is 6.42 Å². The second-order valence-corrected chi connectivity index (χ2v) is 8.38. The fourth-order valence-electron chi connectivity index (χ4n) is 3.67. The van der Waals surface area contributed by atoms with Crippen LogP contribution in [-0.4, -0.2) is 40.6 Å². The molecule has 0 spiro atoms. The fraction of sp³-hybridized carbons (Fsp3) is 0.714. The molecule has 2 rings (SSSR count). The normalized spacial score (nSPS) is 22.5. The number of hydrogen-bond donors (Lipinski definition) is 1. The summed E-state index contributed by atoms with van der Waals surface area (Å²) >= 11 is 0. The van der Waals surface area contributed by atoms with Gasteiger partial charge in [-0.15, -0.1) is 0 Å². The van der Waals surface area contributed by atoms with E-state index in [1.54, 1.807) is 0 Å². The lowest BCUT2D eigenvalue weighted by Gasteiger charge is -2.52. The molecule has 1 aromatic rings. The Balaban J connectivity index is 2.14. The van der Waals surface area contributed by atoms with E-state index in [1.807, 2.05) is 25.1 Å². The summed E-state index contributed by atoms with van der Waals surface area (Å²) in [5.74, 6) is 0. The van der Waals surface area contributed by atoms with E-state index in [4.69, 9.17) is 9.57 Å². The summed E-state index contributed by atoms with van der Waals surface area (Å²) in [7, 11) is 0. The number of hydroxylamine groups is 2. The first kappa shape index (κ1) is 20.4. The molecule has 0 radical (unpaired) electrons. The highest BCUT2D eigenvalue weighted by atomic mass is 16.7. The number of aliphatic hydroxyl groups excluding tert-OH is 1. The third-order valence-corrected chi connectivity index (χ3v) is 5.13. The molecule has 1 fully saturated rings. The van der Waals surface area contributed by atoms with E-state index < -0.39 is 6.10 Å². The van der Waals surface area contributed by atoms with Crippen molar-refractivity contribution in [2.75, 3.05) is 13.2 Å². The van der Waals surface area contributed by atoms with Crippen LogP contribution in [0.5, 0.6) is 0 Å². The minimum Gasteiger partial charge on any atom is -0.391 e. The smallest absolute Gasteiger partial charge is 0.128 e. The monoisotopic (exact) mass is 349 g/mol. The van der Waals surface area contributed by atoms with Crippen molar-refractivity contribution in [2.24, 2.45) is 0 Å². The maximum Gasteiger partial charge on any atom is 0.128 e. The summed E-state index contributed by atoms with van der Waals surface area (Å²) in [6.45, 7) is 11.7. The summed E-state index contributed by atoms with van der Waals surface area (Å²) in [5.41, 5.74) is 1.07. The Kier molecular flexibility index (Phi) is 7.03. The molecule has 1 N–H and O–H groups in total. The average molecular weight is 350 g/mol. The molecule has 1 aliphatic rings. The maximum absolute atomic E-state index is 9.75. The fourth-order valence-corrected chi connectivity index (χ4v) is 3.67. The van der Waals surface area contributed by atoms with Crippen LogP contribution in [0.2, 0.25) is 0 Å². The molecule has 1 aliphatic heterocycles. The van der Waals surface area contributed by atoms with Crippen LogP contribution in [0.15, 0.2) is 30.3 Å². The number of hydrogen-bond acceptors (Lipinski definition) is 4. The number of ether oxygens (including phenoxy) is 1. The highest BCUT2D eigenvalue weighted by Gasteiger charge is 2.43. The summed E-state index contributed by atoms with van der Waals surface area (Å²) < 4.78 is 5.78. The Morgan fingerprint density at radius 2 is 1.64 bits per heavy atom. The molecule has 0 aromatic heterocycles. The van der Waals surface area contributed by atoms with Gasteiger partial charge < -0.3 is 9.84 Å². The minimum atomic E-state index is -0.417. The molecule has 1 saturated heterocycles. The van der Waals surface area contributed by atoms with Crippen molar-refractivity contribution < 1.29 is 14.7 Å². The zero-order chi connectivity index (χ0) is 18.5. The number of nitrogens with zero attached hydrogens (tertiary/aromatic N) is 1. The van der Waals surface area contributed by atoms with Crippen molar-refractivity contribution >= 4 is 0 Å². The van der Waals surface area contributed by atoms with Gasteiger partial charge in [-0.3, -0.25) is 4.84 Å². The summed E-state index contributed by atoms with van der Waals surface area (Å²) in [4.78, 5) is 6.55. The molecule has 25 heavy (non-hydrogen) atoms. The molecule has 4 nitrogen and oxygen atoms in total. The highest BCUT2D eigenvalue weighted by molar-refractivity contribution is 5.17. The van der Waals surface area contributed by atoms with Crippen molar-refractivity contribution in [3.8, 4) is 0 Å². The molecule has 1 aromatic carbocycles. The Morgan fingerprint density at radius 1 is 1.04 bits per heavy atom. The van der Waals surface area contributed by atoms with E-state index in [0.29, 0.717) is 19.6 Å². The van der Waals surface area contributed by atoms with Gasteiger partial charge >= 0.3 is 0 Å². The third-order valence-electron chi connectivity index (χ3n) is 5.13. The minimum absolute atomic E-state index is 0.0162. The van der Waals surface area contributed by atoms with E-state index in [2.05, 4.69) is 44.9 Å². The summed E-state index contributed by atoms with van der Waals surface area (Å²) in [6, 6.07) is 10.2. The SMILES string of the molecule is CCC(O)COCC(ON1C(C)(C)CCCC1(C)C)c1ccccc1. The average Bonchev–Trinajstić information content (AvgIpc) is 2.56. The van der Waals surface area contributed by atoms with Gasteiger partial charge in [0, 0.05) is 11.1 Å². The number of piperidine rings is 1. The molecule has 0 amide bonds. The standard InChI is InChI=1S/C21H35NO3/c1-6-18(23)15-24-16-19(17-11-8-7-9-12-17)25-22-20(2,3)13-10-14-21(22,4)5/h7-9,11-12,18-19,23H,6,10,13-16H2,1-5H3. The van der Waals surface area contributed by atoms with Gasteiger partial charge in [-0.1, -0.05) is 37.3 Å². The van der Waals surface area contributed by atoms with Crippen LogP contribution in [0, 0.1) is 0 Å². The van der Waals surface area contributed by atoms with Crippen molar-refractivity contribution in [3.05, 3.63) is 35.9 Å². The van der Waals surface area contributed by atoms with E-state index in [0.717, 1.165) is 18.4 Å². The quantitative estimate of drug-likeness (QED) is 0.751. The second-order valence-electron chi connectivity index (χ2n) is 8.38. The lowest BCUT2D eigenvalue weighted by Crippen LogP contribution is -2.58. The molecular weight excluding hydrogens is 314 g/mol. The maximum atomic E-state index is 9.75. The predicted octanol–water partition coefficient (Wildman–Crippen LogP) is 4.49. The molecule has 2 unspecified atom stereocenters. The molecule has 4 heteroatoms. The third kappa shape index (κ3) is 5.52. The molecule has 2 atom stereocenters. The van der Waals surface area contributed by atoms with Gasteiger partial charge in [0.05, 0.1) is 19.3 Å². The second kappa shape index (κ2) is 8.63. The van der Waals surface area contributed by atoms with Crippen LogP contribution in [0.3, 0.4) is 0 Å². The molecule has 0 aliphatic carbocycles. The van der Waals surface area contributed by atoms with Crippen LogP contribution in [0.25, 0.3) is 0 Å². The van der Waals surface area contributed by atoms with E-state index >= 15 is 0 Å². The molecule has 0 bridgehead atoms. The highest BCUT2D eigenvalue weighted by Crippen LogP contribution is 2.40. The van der Waals surface area contributed by atoms with Crippen molar-refractivity contribution in [1.82, 2.24) is 5.06 Å². The lowest BCUT2D eigenvalue weighted by atomic mass is 9.82.